The van der Waals surface area contributed by atoms with E-state index in [-0.39, 0.29) is 9.99 Å². The average molecular weight is 362 g/mol. The first kappa shape index (κ1) is 14.5. The number of ether oxygens (including phenoxy) is 1. The fraction of sp³-hybridized carbons (Fsp3) is 0.385. The molecule has 0 atom stereocenters. The van der Waals surface area contributed by atoms with Gasteiger partial charge in [0.05, 0.1) is 30.5 Å². The van der Waals surface area contributed by atoms with Crippen LogP contribution in [0.1, 0.15) is 5.56 Å². The van der Waals surface area contributed by atoms with E-state index < -0.39 is 11.7 Å². The molecule has 2 aromatic rings. The third-order valence-electron chi connectivity index (χ3n) is 3.25. The Balaban J connectivity index is 2.04. The highest BCUT2D eigenvalue weighted by Gasteiger charge is 2.31. The van der Waals surface area contributed by atoms with Crippen molar-refractivity contribution in [1.29, 1.82) is 0 Å². The molecule has 0 N–H and O–H groups in total. The third-order valence-corrected chi connectivity index (χ3v) is 3.86. The second-order valence-electron chi connectivity index (χ2n) is 4.65. The summed E-state index contributed by atoms with van der Waals surface area (Å²) >= 11 is 3.15. The number of aromatic nitrogens is 2. The van der Waals surface area contributed by atoms with Gasteiger partial charge in [-0.25, -0.2) is 4.98 Å². The topological polar surface area (TPSA) is 38.2 Å². The number of benzene rings is 1. The first-order valence-corrected chi connectivity index (χ1v) is 7.10. The molecule has 1 aliphatic rings. The van der Waals surface area contributed by atoms with Crippen LogP contribution in [0.15, 0.2) is 22.8 Å². The lowest BCUT2D eigenvalue weighted by Gasteiger charge is -2.27. The van der Waals surface area contributed by atoms with Gasteiger partial charge in [0.25, 0.3) is 0 Å². The van der Waals surface area contributed by atoms with Crippen molar-refractivity contribution < 1.29 is 17.9 Å². The fourth-order valence-electron chi connectivity index (χ4n) is 2.17. The van der Waals surface area contributed by atoms with E-state index in [1.807, 2.05) is 4.90 Å². The van der Waals surface area contributed by atoms with E-state index in [1.54, 1.807) is 0 Å². The van der Waals surface area contributed by atoms with Gasteiger partial charge in [-0.2, -0.15) is 13.2 Å². The maximum absolute atomic E-state index is 12.8. The van der Waals surface area contributed by atoms with Crippen LogP contribution in [0, 0.1) is 0 Å². The maximum Gasteiger partial charge on any atom is 0.416 e. The summed E-state index contributed by atoms with van der Waals surface area (Å²) in [6, 6.07) is 2.04. The van der Waals surface area contributed by atoms with E-state index in [9.17, 15) is 13.2 Å². The van der Waals surface area contributed by atoms with Gasteiger partial charge in [-0.1, -0.05) is 0 Å². The molecule has 8 heteroatoms. The van der Waals surface area contributed by atoms with Crippen LogP contribution in [0.2, 0.25) is 0 Å². The number of fused-ring (bicyclic) bond motifs is 1. The molecule has 0 aliphatic carbocycles. The van der Waals surface area contributed by atoms with Crippen molar-refractivity contribution in [2.75, 3.05) is 31.2 Å². The molecular formula is C13H11BrF3N3O. The number of halogens is 4. The molecule has 0 spiro atoms. The molecule has 0 radical (unpaired) electrons. The van der Waals surface area contributed by atoms with Crippen LogP contribution >= 0.6 is 15.9 Å². The van der Waals surface area contributed by atoms with Crippen LogP contribution in [0.4, 0.5) is 19.0 Å². The second-order valence-corrected chi connectivity index (χ2v) is 5.51. The van der Waals surface area contributed by atoms with E-state index in [4.69, 9.17) is 4.74 Å². The van der Waals surface area contributed by atoms with Crippen molar-refractivity contribution in [3.63, 3.8) is 0 Å². The lowest BCUT2D eigenvalue weighted by molar-refractivity contribution is -0.137. The van der Waals surface area contributed by atoms with Gasteiger partial charge in [0.15, 0.2) is 0 Å². The highest BCUT2D eigenvalue weighted by molar-refractivity contribution is 9.10. The van der Waals surface area contributed by atoms with Gasteiger partial charge in [-0.05, 0) is 28.1 Å². The van der Waals surface area contributed by atoms with Crippen LogP contribution in [-0.2, 0) is 10.9 Å². The summed E-state index contributed by atoms with van der Waals surface area (Å²) in [4.78, 5) is 10.5. The molecule has 112 valence electrons. The Morgan fingerprint density at radius 1 is 1.19 bits per heavy atom. The lowest BCUT2D eigenvalue weighted by Crippen LogP contribution is -2.36. The Kier molecular flexibility index (Phi) is 3.75. The number of rotatable bonds is 1. The molecule has 3 rings (SSSR count). The number of nitrogens with zero attached hydrogens (tertiary/aromatic N) is 3. The van der Waals surface area contributed by atoms with E-state index in [2.05, 4.69) is 25.9 Å². The minimum Gasteiger partial charge on any atom is -0.378 e. The van der Waals surface area contributed by atoms with E-state index in [1.165, 1.54) is 6.20 Å². The number of anilines is 1. The Labute approximate surface area is 127 Å². The molecule has 0 unspecified atom stereocenters. The molecule has 1 aromatic heterocycles. The van der Waals surface area contributed by atoms with Gasteiger partial charge in [0.1, 0.15) is 11.3 Å². The number of hydrogen-bond donors (Lipinski definition) is 0. The first-order valence-electron chi connectivity index (χ1n) is 6.31. The van der Waals surface area contributed by atoms with Gasteiger partial charge in [0, 0.05) is 17.6 Å². The zero-order valence-electron chi connectivity index (χ0n) is 10.8. The van der Waals surface area contributed by atoms with Crippen molar-refractivity contribution in [1.82, 2.24) is 9.97 Å². The van der Waals surface area contributed by atoms with E-state index in [0.29, 0.717) is 37.6 Å². The van der Waals surface area contributed by atoms with Gasteiger partial charge < -0.3 is 9.64 Å². The summed E-state index contributed by atoms with van der Waals surface area (Å²) in [5.74, 6) is 0.645. The molecule has 1 fully saturated rings. The molecule has 1 saturated heterocycles. The van der Waals surface area contributed by atoms with Crippen LogP contribution in [0.25, 0.3) is 11.0 Å². The molecule has 0 amide bonds. The minimum atomic E-state index is -4.40. The second kappa shape index (κ2) is 5.42. The van der Waals surface area contributed by atoms with Crippen LogP contribution in [-0.4, -0.2) is 36.3 Å². The van der Waals surface area contributed by atoms with Crippen molar-refractivity contribution in [3.05, 3.63) is 28.4 Å². The Hall–Kier alpha value is -1.41. The monoisotopic (exact) mass is 361 g/mol. The largest absolute Gasteiger partial charge is 0.416 e. The maximum atomic E-state index is 12.8. The standard InChI is InChI=1S/C13H11BrF3N3O/c14-9-5-8(13(15,16)17)6-10-12(9)19-11(7-18-10)20-1-3-21-4-2-20/h5-7H,1-4H2. The molecule has 0 bridgehead atoms. The molecule has 4 nitrogen and oxygen atoms in total. The highest BCUT2D eigenvalue weighted by Crippen LogP contribution is 2.34. The average Bonchev–Trinajstić information content (AvgIpc) is 2.47. The Bertz CT molecular complexity index is 671. The van der Waals surface area contributed by atoms with Crippen molar-refractivity contribution in [2.24, 2.45) is 0 Å². The molecule has 2 heterocycles. The summed E-state index contributed by atoms with van der Waals surface area (Å²) in [6.45, 7) is 2.60. The summed E-state index contributed by atoms with van der Waals surface area (Å²) in [7, 11) is 0. The minimum absolute atomic E-state index is 0.216. The molecule has 0 saturated carbocycles. The number of alkyl halides is 3. The van der Waals surface area contributed by atoms with Crippen molar-refractivity contribution in [3.8, 4) is 0 Å². The third kappa shape index (κ3) is 2.96. The smallest absolute Gasteiger partial charge is 0.378 e. The highest BCUT2D eigenvalue weighted by atomic mass is 79.9. The molecular weight excluding hydrogens is 351 g/mol. The van der Waals surface area contributed by atoms with Gasteiger partial charge in [-0.15, -0.1) is 0 Å². The van der Waals surface area contributed by atoms with Crippen LogP contribution in [0.3, 0.4) is 0 Å². The lowest BCUT2D eigenvalue weighted by atomic mass is 10.2. The first-order chi connectivity index (χ1) is 9.95. The van der Waals surface area contributed by atoms with Gasteiger partial charge in [0.2, 0.25) is 0 Å². The molecule has 21 heavy (non-hydrogen) atoms. The Morgan fingerprint density at radius 2 is 1.90 bits per heavy atom. The van der Waals surface area contributed by atoms with Crippen molar-refractivity contribution in [2.45, 2.75) is 6.18 Å². The molecule has 1 aromatic carbocycles. The van der Waals surface area contributed by atoms with E-state index >= 15 is 0 Å². The quantitative estimate of drug-likeness (QED) is 0.781. The van der Waals surface area contributed by atoms with E-state index in [0.717, 1.165) is 12.1 Å². The zero-order valence-corrected chi connectivity index (χ0v) is 12.4. The molecule has 1 aliphatic heterocycles. The fourth-order valence-corrected chi connectivity index (χ4v) is 2.71. The van der Waals surface area contributed by atoms with Gasteiger partial charge >= 0.3 is 6.18 Å². The predicted molar refractivity (Wildman–Crippen MR) is 75.3 cm³/mol. The summed E-state index contributed by atoms with van der Waals surface area (Å²) in [6.07, 6.45) is -2.90. The summed E-state index contributed by atoms with van der Waals surface area (Å²) in [5.41, 5.74) is -0.101. The number of morpholine rings is 1. The van der Waals surface area contributed by atoms with Crippen molar-refractivity contribution >= 4 is 32.8 Å². The van der Waals surface area contributed by atoms with Crippen LogP contribution in [0.5, 0.6) is 0 Å². The Morgan fingerprint density at radius 3 is 2.57 bits per heavy atom. The normalized spacial score (nSPS) is 16.5. The SMILES string of the molecule is FC(F)(F)c1cc(Br)c2nc(N3CCOCC3)cnc2c1. The summed E-state index contributed by atoms with van der Waals surface area (Å²) in [5, 5.41) is 0. The van der Waals surface area contributed by atoms with Crippen LogP contribution < -0.4 is 4.90 Å². The van der Waals surface area contributed by atoms with Gasteiger partial charge in [-0.3, -0.25) is 4.98 Å². The number of hydrogen-bond acceptors (Lipinski definition) is 4. The summed E-state index contributed by atoms with van der Waals surface area (Å²) < 4.78 is 43.9. The zero-order chi connectivity index (χ0) is 15.0. The predicted octanol–water partition coefficient (Wildman–Crippen LogP) is 3.25.